The lowest BCUT2D eigenvalue weighted by molar-refractivity contribution is 0.473. The number of fused-ring (bicyclic) bond motifs is 2. The summed E-state index contributed by atoms with van der Waals surface area (Å²) in [4.78, 5) is 20.8. The molecule has 31 heavy (non-hydrogen) atoms. The Balaban J connectivity index is 1.51. The summed E-state index contributed by atoms with van der Waals surface area (Å²) in [6.07, 6.45) is 10.2. The van der Waals surface area contributed by atoms with Crippen molar-refractivity contribution in [3.63, 3.8) is 0 Å². The highest BCUT2D eigenvalue weighted by Crippen LogP contribution is 2.33. The summed E-state index contributed by atoms with van der Waals surface area (Å²) in [6.45, 7) is 0. The first kappa shape index (κ1) is 17.3. The number of rotatable bonds is 3. The molecule has 0 aliphatic heterocycles. The number of nitrogens with zero attached hydrogens (tertiary/aromatic N) is 5. The molecule has 0 spiro atoms. The first-order chi connectivity index (χ1) is 15.3. The molecular weight excluding hydrogens is 390 g/mol. The molecular formula is C23H15N7O. The Morgan fingerprint density at radius 2 is 1.65 bits per heavy atom. The molecule has 0 radical (unpaired) electrons. The van der Waals surface area contributed by atoms with Crippen molar-refractivity contribution in [2.24, 2.45) is 0 Å². The maximum absolute atomic E-state index is 9.76. The number of pyridine rings is 4. The predicted octanol–water partition coefficient (Wildman–Crippen LogP) is 4.33. The van der Waals surface area contributed by atoms with E-state index in [0.29, 0.717) is 5.65 Å². The van der Waals surface area contributed by atoms with E-state index in [9.17, 15) is 5.11 Å². The van der Waals surface area contributed by atoms with Gasteiger partial charge in [0.05, 0.1) is 17.6 Å². The third kappa shape index (κ3) is 2.89. The number of hydrogen-bond donors (Lipinski definition) is 3. The molecule has 148 valence electrons. The monoisotopic (exact) mass is 405 g/mol. The van der Waals surface area contributed by atoms with Crippen LogP contribution in [0.25, 0.3) is 55.7 Å². The van der Waals surface area contributed by atoms with Gasteiger partial charge >= 0.3 is 0 Å². The Morgan fingerprint density at radius 1 is 0.742 bits per heavy atom. The van der Waals surface area contributed by atoms with Gasteiger partial charge in [0.1, 0.15) is 11.4 Å². The predicted molar refractivity (Wildman–Crippen MR) is 117 cm³/mol. The van der Waals surface area contributed by atoms with E-state index in [4.69, 9.17) is 0 Å². The summed E-state index contributed by atoms with van der Waals surface area (Å²) in [5, 5.41) is 19.1. The number of aromatic hydroxyl groups is 1. The summed E-state index contributed by atoms with van der Waals surface area (Å²) >= 11 is 0. The first-order valence-electron chi connectivity index (χ1n) is 9.63. The van der Waals surface area contributed by atoms with Crippen molar-refractivity contribution >= 4 is 21.9 Å². The van der Waals surface area contributed by atoms with Crippen LogP contribution in [0.2, 0.25) is 0 Å². The summed E-state index contributed by atoms with van der Waals surface area (Å²) in [6, 6.07) is 11.5. The third-order valence-electron chi connectivity index (χ3n) is 5.21. The van der Waals surface area contributed by atoms with Gasteiger partial charge in [-0.25, -0.2) is 4.98 Å². The second-order valence-corrected chi connectivity index (χ2v) is 7.17. The van der Waals surface area contributed by atoms with E-state index in [1.165, 1.54) is 6.20 Å². The van der Waals surface area contributed by atoms with E-state index in [-0.39, 0.29) is 5.75 Å². The quantitative estimate of drug-likeness (QED) is 0.403. The zero-order valence-electron chi connectivity index (χ0n) is 16.1. The van der Waals surface area contributed by atoms with Crippen LogP contribution in [0.5, 0.6) is 5.75 Å². The second-order valence-electron chi connectivity index (χ2n) is 7.17. The standard InChI is InChI=1S/C23H15N7O/c31-16-6-14(10-25-12-16)15-7-18-22(29-30-23(18)27-11-15)20-8-17-19(28-20)3-5-26-21(17)13-2-1-4-24-9-13/h1-12,28,31H,(H,27,29,30). The van der Waals surface area contributed by atoms with Crippen molar-refractivity contribution in [2.75, 3.05) is 0 Å². The molecule has 0 saturated carbocycles. The van der Waals surface area contributed by atoms with Crippen LogP contribution in [-0.4, -0.2) is 40.2 Å². The van der Waals surface area contributed by atoms with Crippen molar-refractivity contribution in [1.29, 1.82) is 0 Å². The van der Waals surface area contributed by atoms with Crippen molar-refractivity contribution < 1.29 is 5.11 Å². The lowest BCUT2D eigenvalue weighted by Crippen LogP contribution is -1.84. The average Bonchev–Trinajstić information content (AvgIpc) is 3.43. The highest BCUT2D eigenvalue weighted by atomic mass is 16.3. The van der Waals surface area contributed by atoms with Gasteiger partial charge in [-0.2, -0.15) is 5.10 Å². The van der Waals surface area contributed by atoms with Gasteiger partial charge in [0.15, 0.2) is 5.65 Å². The van der Waals surface area contributed by atoms with Crippen LogP contribution in [0.15, 0.2) is 73.6 Å². The average molecular weight is 405 g/mol. The van der Waals surface area contributed by atoms with Gasteiger partial charge in [-0.1, -0.05) is 0 Å². The molecule has 0 amide bonds. The van der Waals surface area contributed by atoms with E-state index >= 15 is 0 Å². The zero-order valence-corrected chi connectivity index (χ0v) is 16.1. The van der Waals surface area contributed by atoms with E-state index in [2.05, 4.69) is 35.1 Å². The summed E-state index contributed by atoms with van der Waals surface area (Å²) in [7, 11) is 0. The van der Waals surface area contributed by atoms with Crippen LogP contribution < -0.4 is 0 Å². The fourth-order valence-corrected chi connectivity index (χ4v) is 3.77. The van der Waals surface area contributed by atoms with E-state index in [1.54, 1.807) is 37.1 Å². The second kappa shape index (κ2) is 6.74. The minimum absolute atomic E-state index is 0.107. The molecule has 0 fully saturated rings. The van der Waals surface area contributed by atoms with Crippen LogP contribution in [0, 0.1) is 0 Å². The van der Waals surface area contributed by atoms with Crippen LogP contribution in [-0.2, 0) is 0 Å². The fraction of sp³-hybridized carbons (Fsp3) is 0. The lowest BCUT2D eigenvalue weighted by Gasteiger charge is -2.02. The number of hydrogen-bond acceptors (Lipinski definition) is 6. The van der Waals surface area contributed by atoms with Gasteiger partial charge < -0.3 is 10.1 Å². The van der Waals surface area contributed by atoms with Crippen LogP contribution in [0.4, 0.5) is 0 Å². The van der Waals surface area contributed by atoms with Gasteiger partial charge in [-0.3, -0.25) is 20.1 Å². The number of aromatic nitrogens is 7. The van der Waals surface area contributed by atoms with Crippen molar-refractivity contribution in [3.05, 3.63) is 73.6 Å². The van der Waals surface area contributed by atoms with Crippen molar-refractivity contribution in [3.8, 4) is 39.5 Å². The smallest absolute Gasteiger partial charge is 0.155 e. The van der Waals surface area contributed by atoms with Gasteiger partial charge in [-0.05, 0) is 36.4 Å². The molecule has 6 rings (SSSR count). The van der Waals surface area contributed by atoms with Crippen LogP contribution >= 0.6 is 0 Å². The van der Waals surface area contributed by atoms with Crippen molar-refractivity contribution in [1.82, 2.24) is 35.1 Å². The number of aromatic amines is 2. The molecule has 8 nitrogen and oxygen atoms in total. The molecule has 6 heterocycles. The Morgan fingerprint density at radius 3 is 2.52 bits per heavy atom. The fourth-order valence-electron chi connectivity index (χ4n) is 3.77. The molecule has 0 aromatic carbocycles. The highest BCUT2D eigenvalue weighted by molar-refractivity contribution is 5.99. The largest absolute Gasteiger partial charge is 0.506 e. The Kier molecular flexibility index (Phi) is 3.76. The number of nitrogens with one attached hydrogen (secondary N) is 2. The van der Waals surface area contributed by atoms with E-state index < -0.39 is 0 Å². The minimum Gasteiger partial charge on any atom is -0.506 e. The molecule has 0 atom stereocenters. The van der Waals surface area contributed by atoms with E-state index in [1.807, 2.05) is 30.3 Å². The maximum atomic E-state index is 9.76. The Bertz CT molecular complexity index is 1550. The lowest BCUT2D eigenvalue weighted by atomic mass is 10.1. The molecule has 0 aliphatic carbocycles. The normalized spacial score (nSPS) is 11.4. The molecule has 0 saturated heterocycles. The van der Waals surface area contributed by atoms with E-state index in [0.717, 1.165) is 50.1 Å². The molecule has 0 bridgehead atoms. The van der Waals surface area contributed by atoms with Crippen LogP contribution in [0.1, 0.15) is 0 Å². The minimum atomic E-state index is 0.107. The first-order valence-corrected chi connectivity index (χ1v) is 9.63. The summed E-state index contributed by atoms with van der Waals surface area (Å²) < 4.78 is 0. The summed E-state index contributed by atoms with van der Waals surface area (Å²) in [5.41, 5.74) is 6.67. The number of H-pyrrole nitrogens is 2. The maximum Gasteiger partial charge on any atom is 0.155 e. The Labute approximate surface area is 175 Å². The Hall–Kier alpha value is -4.59. The van der Waals surface area contributed by atoms with Gasteiger partial charge in [0.2, 0.25) is 0 Å². The molecule has 6 aromatic rings. The third-order valence-corrected chi connectivity index (χ3v) is 5.21. The molecule has 6 aromatic heterocycles. The van der Waals surface area contributed by atoms with Gasteiger partial charge in [0, 0.05) is 64.0 Å². The molecule has 0 unspecified atom stereocenters. The molecule has 0 aliphatic rings. The van der Waals surface area contributed by atoms with Gasteiger partial charge in [-0.15, -0.1) is 0 Å². The SMILES string of the molecule is Oc1cncc(-c2cnc3[nH]nc(-c4cc5c(-c6cccnc6)nccc5[nH]4)c3c2)c1. The highest BCUT2D eigenvalue weighted by Gasteiger charge is 2.15. The van der Waals surface area contributed by atoms with Crippen molar-refractivity contribution in [2.45, 2.75) is 0 Å². The topological polar surface area (TPSA) is 116 Å². The zero-order chi connectivity index (χ0) is 20.8. The molecule has 8 heteroatoms. The van der Waals surface area contributed by atoms with Gasteiger partial charge in [0.25, 0.3) is 0 Å². The van der Waals surface area contributed by atoms with Crippen LogP contribution in [0.3, 0.4) is 0 Å². The molecule has 3 N–H and O–H groups in total. The summed E-state index contributed by atoms with van der Waals surface area (Å²) in [5.74, 6) is 0.107.